The van der Waals surface area contributed by atoms with Gasteiger partial charge in [0.2, 0.25) is 10.0 Å². The quantitative estimate of drug-likeness (QED) is 0.768. The van der Waals surface area contributed by atoms with Gasteiger partial charge in [0.25, 0.3) is 0 Å². The maximum absolute atomic E-state index is 11.3. The highest BCUT2D eigenvalue weighted by Gasteiger charge is 2.25. The smallest absolute Gasteiger partial charge is 0.211 e. The first-order valence-electron chi connectivity index (χ1n) is 6.13. The molecule has 0 amide bonds. The van der Waals surface area contributed by atoms with Crippen LogP contribution in [0.5, 0.6) is 0 Å². The fourth-order valence-electron chi connectivity index (χ4n) is 2.17. The van der Waals surface area contributed by atoms with Crippen molar-refractivity contribution in [2.75, 3.05) is 19.3 Å². The molecule has 0 aromatic carbocycles. The normalized spacial score (nSPS) is 21.2. The molecule has 0 bridgehead atoms. The first-order chi connectivity index (χ1) is 7.18. The fraction of sp³-hybridized carbons (Fsp3) is 1.00. The van der Waals surface area contributed by atoms with Gasteiger partial charge < -0.3 is 0 Å². The first-order valence-corrected chi connectivity index (χ1v) is 7.98. The zero-order chi connectivity index (χ0) is 12.4. The SMILES string of the molecule is CC(C)(C)CCC1CCN(S(C)(=O)=O)CC1. The van der Waals surface area contributed by atoms with E-state index in [-0.39, 0.29) is 0 Å². The summed E-state index contributed by atoms with van der Waals surface area (Å²) in [7, 11) is -2.96. The van der Waals surface area contributed by atoms with Gasteiger partial charge in [-0.15, -0.1) is 0 Å². The summed E-state index contributed by atoms with van der Waals surface area (Å²) in [6.07, 6.45) is 5.84. The highest BCUT2D eigenvalue weighted by molar-refractivity contribution is 7.88. The standard InChI is InChI=1S/C12H25NO2S/c1-12(2,3)8-5-11-6-9-13(10-7-11)16(4,14)15/h11H,5-10H2,1-4H3. The van der Waals surface area contributed by atoms with E-state index in [0.717, 1.165) is 18.8 Å². The molecule has 0 saturated carbocycles. The number of hydrogen-bond acceptors (Lipinski definition) is 2. The largest absolute Gasteiger partial charge is 0.213 e. The van der Waals surface area contributed by atoms with Crippen LogP contribution in [-0.4, -0.2) is 32.1 Å². The molecule has 16 heavy (non-hydrogen) atoms. The molecular formula is C12H25NO2S. The number of hydrogen-bond donors (Lipinski definition) is 0. The van der Waals surface area contributed by atoms with E-state index in [2.05, 4.69) is 20.8 Å². The summed E-state index contributed by atoms with van der Waals surface area (Å²) in [6, 6.07) is 0. The molecule has 1 fully saturated rings. The van der Waals surface area contributed by atoms with Crippen molar-refractivity contribution >= 4 is 10.0 Å². The molecule has 1 saturated heterocycles. The van der Waals surface area contributed by atoms with E-state index in [1.54, 1.807) is 4.31 Å². The van der Waals surface area contributed by atoms with Gasteiger partial charge in [0, 0.05) is 13.1 Å². The molecule has 0 radical (unpaired) electrons. The van der Waals surface area contributed by atoms with Crippen molar-refractivity contribution in [1.82, 2.24) is 4.31 Å². The Labute approximate surface area is 100 Å². The van der Waals surface area contributed by atoms with Crippen molar-refractivity contribution in [2.24, 2.45) is 11.3 Å². The van der Waals surface area contributed by atoms with Crippen LogP contribution in [0.2, 0.25) is 0 Å². The van der Waals surface area contributed by atoms with Crippen LogP contribution in [0.1, 0.15) is 46.5 Å². The van der Waals surface area contributed by atoms with Gasteiger partial charge in [-0.2, -0.15) is 0 Å². The average Bonchev–Trinajstić information content (AvgIpc) is 2.13. The molecule has 4 heteroatoms. The monoisotopic (exact) mass is 247 g/mol. The van der Waals surface area contributed by atoms with Crippen LogP contribution < -0.4 is 0 Å². The highest BCUT2D eigenvalue weighted by Crippen LogP contribution is 2.29. The molecule has 3 nitrogen and oxygen atoms in total. The summed E-state index contributed by atoms with van der Waals surface area (Å²) in [4.78, 5) is 0. The Bertz CT molecular complexity index is 308. The van der Waals surface area contributed by atoms with Crippen molar-refractivity contribution in [1.29, 1.82) is 0 Å². The second-order valence-electron chi connectivity index (χ2n) is 6.20. The summed E-state index contributed by atoms with van der Waals surface area (Å²) < 4.78 is 24.3. The zero-order valence-corrected chi connectivity index (χ0v) is 11.8. The van der Waals surface area contributed by atoms with Gasteiger partial charge in [-0.05, 0) is 37.0 Å². The van der Waals surface area contributed by atoms with Gasteiger partial charge in [-0.3, -0.25) is 0 Å². The number of rotatable bonds is 3. The van der Waals surface area contributed by atoms with Gasteiger partial charge in [0.1, 0.15) is 0 Å². The van der Waals surface area contributed by atoms with Crippen LogP contribution in [0.4, 0.5) is 0 Å². The molecular weight excluding hydrogens is 222 g/mol. The summed E-state index contributed by atoms with van der Waals surface area (Å²) in [5.74, 6) is 0.720. The Morgan fingerprint density at radius 1 is 1.19 bits per heavy atom. The second kappa shape index (κ2) is 5.05. The minimum Gasteiger partial charge on any atom is -0.213 e. The van der Waals surface area contributed by atoms with Gasteiger partial charge in [0.15, 0.2) is 0 Å². The van der Waals surface area contributed by atoms with Gasteiger partial charge in [-0.1, -0.05) is 20.8 Å². The third kappa shape index (κ3) is 4.83. The molecule has 0 spiro atoms. The maximum atomic E-state index is 11.3. The van der Waals surface area contributed by atoms with Gasteiger partial charge >= 0.3 is 0 Å². The van der Waals surface area contributed by atoms with E-state index in [0.29, 0.717) is 18.5 Å². The molecule has 0 unspecified atom stereocenters. The molecule has 0 N–H and O–H groups in total. The Morgan fingerprint density at radius 2 is 1.69 bits per heavy atom. The first kappa shape index (κ1) is 14.0. The van der Waals surface area contributed by atoms with Crippen molar-refractivity contribution in [3.05, 3.63) is 0 Å². The Hall–Kier alpha value is -0.0900. The molecule has 0 aromatic heterocycles. The predicted molar refractivity (Wildman–Crippen MR) is 67.8 cm³/mol. The van der Waals surface area contributed by atoms with E-state index in [1.807, 2.05) is 0 Å². The second-order valence-corrected chi connectivity index (χ2v) is 8.19. The molecule has 0 atom stereocenters. The van der Waals surface area contributed by atoms with Crippen LogP contribution >= 0.6 is 0 Å². The lowest BCUT2D eigenvalue weighted by Crippen LogP contribution is -2.37. The van der Waals surface area contributed by atoms with Crippen LogP contribution in [0.25, 0.3) is 0 Å². The number of nitrogens with zero attached hydrogens (tertiary/aromatic N) is 1. The number of piperidine rings is 1. The van der Waals surface area contributed by atoms with Crippen LogP contribution in [0.15, 0.2) is 0 Å². The molecule has 0 aliphatic carbocycles. The van der Waals surface area contributed by atoms with E-state index in [1.165, 1.54) is 19.1 Å². The lowest BCUT2D eigenvalue weighted by atomic mass is 9.84. The minimum absolute atomic E-state index is 0.397. The topological polar surface area (TPSA) is 37.4 Å². The summed E-state index contributed by atoms with van der Waals surface area (Å²) in [5, 5.41) is 0. The van der Waals surface area contributed by atoms with E-state index < -0.39 is 10.0 Å². The van der Waals surface area contributed by atoms with E-state index in [4.69, 9.17) is 0 Å². The molecule has 0 aromatic rings. The predicted octanol–water partition coefficient (Wildman–Crippen LogP) is 2.48. The van der Waals surface area contributed by atoms with Crippen molar-refractivity contribution in [2.45, 2.75) is 46.5 Å². The van der Waals surface area contributed by atoms with E-state index in [9.17, 15) is 8.42 Å². The van der Waals surface area contributed by atoms with Crippen molar-refractivity contribution in [3.8, 4) is 0 Å². The van der Waals surface area contributed by atoms with Gasteiger partial charge in [-0.25, -0.2) is 12.7 Å². The maximum Gasteiger partial charge on any atom is 0.211 e. The van der Waals surface area contributed by atoms with Crippen molar-refractivity contribution in [3.63, 3.8) is 0 Å². The lowest BCUT2D eigenvalue weighted by molar-refractivity contribution is 0.235. The summed E-state index contributed by atoms with van der Waals surface area (Å²) in [6.45, 7) is 8.22. The zero-order valence-electron chi connectivity index (χ0n) is 11.0. The lowest BCUT2D eigenvalue weighted by Gasteiger charge is -2.31. The molecule has 1 heterocycles. The highest BCUT2D eigenvalue weighted by atomic mass is 32.2. The molecule has 1 aliphatic heterocycles. The molecule has 96 valence electrons. The molecule has 1 aliphatic rings. The Morgan fingerprint density at radius 3 is 2.06 bits per heavy atom. The summed E-state index contributed by atoms with van der Waals surface area (Å²) >= 11 is 0. The molecule has 1 rings (SSSR count). The van der Waals surface area contributed by atoms with Crippen LogP contribution in [0, 0.1) is 11.3 Å². The number of sulfonamides is 1. The average molecular weight is 247 g/mol. The van der Waals surface area contributed by atoms with Crippen LogP contribution in [0.3, 0.4) is 0 Å². The van der Waals surface area contributed by atoms with Crippen molar-refractivity contribution < 1.29 is 8.42 Å². The summed E-state index contributed by atoms with van der Waals surface area (Å²) in [5.41, 5.74) is 0.397. The van der Waals surface area contributed by atoms with Gasteiger partial charge in [0.05, 0.1) is 6.26 Å². The Balaban J connectivity index is 2.33. The van der Waals surface area contributed by atoms with E-state index >= 15 is 0 Å². The third-order valence-electron chi connectivity index (χ3n) is 3.35. The Kier molecular flexibility index (Phi) is 4.41. The minimum atomic E-state index is -2.96. The van der Waals surface area contributed by atoms with Crippen LogP contribution in [-0.2, 0) is 10.0 Å². The fourth-order valence-corrected chi connectivity index (χ4v) is 3.04. The third-order valence-corrected chi connectivity index (χ3v) is 4.65.